The average molecular weight is 269 g/mol. The van der Waals surface area contributed by atoms with Crippen LogP contribution in [-0.2, 0) is 6.42 Å². The van der Waals surface area contributed by atoms with Gasteiger partial charge in [-0.05, 0) is 26.3 Å². The molecule has 0 saturated heterocycles. The van der Waals surface area contributed by atoms with Crippen LogP contribution in [0.1, 0.15) is 30.1 Å². The Balaban J connectivity index is 1.91. The van der Waals surface area contributed by atoms with E-state index in [4.69, 9.17) is 0 Å². The summed E-state index contributed by atoms with van der Waals surface area (Å²) in [7, 11) is 1.99. The molecule has 3 heterocycles. The van der Waals surface area contributed by atoms with E-state index in [9.17, 15) is 0 Å². The molecule has 102 valence electrons. The molecule has 3 aromatic rings. The minimum absolute atomic E-state index is 0.381. The lowest BCUT2D eigenvalue weighted by molar-refractivity contribution is 0.490. The van der Waals surface area contributed by atoms with Crippen molar-refractivity contribution in [2.75, 3.05) is 7.05 Å². The summed E-state index contributed by atoms with van der Waals surface area (Å²) < 4.78 is 1.92. The van der Waals surface area contributed by atoms with Crippen molar-refractivity contribution in [2.45, 2.75) is 25.3 Å². The van der Waals surface area contributed by atoms with E-state index in [1.807, 2.05) is 17.9 Å². The number of rotatable bonds is 2. The Morgan fingerprint density at radius 2 is 2.30 bits per heavy atom. The number of nitrogens with one attached hydrogen (secondary N) is 2. The molecule has 0 aliphatic heterocycles. The second-order valence-corrected chi connectivity index (χ2v) is 4.99. The number of hydrogen-bond donors (Lipinski definition) is 2. The van der Waals surface area contributed by atoms with Gasteiger partial charge in [-0.3, -0.25) is 0 Å². The molecule has 0 aromatic carbocycles. The number of nitrogens with zero attached hydrogens (tertiary/aromatic N) is 5. The van der Waals surface area contributed by atoms with Crippen LogP contribution in [0, 0.1) is 0 Å². The maximum atomic E-state index is 4.53. The molecule has 0 fully saturated rings. The van der Waals surface area contributed by atoms with Crippen molar-refractivity contribution < 1.29 is 0 Å². The van der Waals surface area contributed by atoms with E-state index in [1.165, 1.54) is 17.6 Å². The van der Waals surface area contributed by atoms with Gasteiger partial charge in [0.1, 0.15) is 11.8 Å². The molecule has 3 aromatic heterocycles. The van der Waals surface area contributed by atoms with Gasteiger partial charge in [0.15, 0.2) is 11.5 Å². The van der Waals surface area contributed by atoms with Gasteiger partial charge in [-0.25, -0.2) is 19.6 Å². The van der Waals surface area contributed by atoms with Crippen LogP contribution in [0.15, 0.2) is 18.9 Å². The zero-order valence-corrected chi connectivity index (χ0v) is 11.2. The molecule has 0 radical (unpaired) electrons. The molecule has 20 heavy (non-hydrogen) atoms. The van der Waals surface area contributed by atoms with Crippen LogP contribution in [0.25, 0.3) is 17.0 Å². The highest BCUT2D eigenvalue weighted by molar-refractivity contribution is 5.77. The van der Waals surface area contributed by atoms with Crippen molar-refractivity contribution in [2.24, 2.45) is 0 Å². The zero-order valence-electron chi connectivity index (χ0n) is 11.2. The van der Waals surface area contributed by atoms with Crippen LogP contribution >= 0.6 is 0 Å². The summed E-state index contributed by atoms with van der Waals surface area (Å²) in [6, 6.07) is 0.381. The summed E-state index contributed by atoms with van der Waals surface area (Å²) >= 11 is 0. The molecule has 1 atom stereocenters. The Kier molecular flexibility index (Phi) is 2.53. The van der Waals surface area contributed by atoms with E-state index < -0.39 is 0 Å². The quantitative estimate of drug-likeness (QED) is 0.728. The first kappa shape index (κ1) is 11.5. The Morgan fingerprint density at radius 1 is 1.35 bits per heavy atom. The summed E-state index contributed by atoms with van der Waals surface area (Å²) in [5.74, 6) is 0.769. The molecule has 1 unspecified atom stereocenters. The SMILES string of the molecule is CNC1CCCc2c1cnn2-c1ncnc2nc[nH]c12. The Hall–Kier alpha value is -2.28. The second kappa shape index (κ2) is 4.38. The van der Waals surface area contributed by atoms with Gasteiger partial charge in [0.05, 0.1) is 18.2 Å². The summed E-state index contributed by atoms with van der Waals surface area (Å²) in [5.41, 5.74) is 3.99. The van der Waals surface area contributed by atoms with Crippen LogP contribution < -0.4 is 5.32 Å². The van der Waals surface area contributed by atoms with Crippen LogP contribution in [0.4, 0.5) is 0 Å². The third kappa shape index (κ3) is 1.56. The summed E-state index contributed by atoms with van der Waals surface area (Å²) in [6.45, 7) is 0. The third-order valence-electron chi connectivity index (χ3n) is 3.94. The molecule has 2 N–H and O–H groups in total. The predicted octanol–water partition coefficient (Wildman–Crippen LogP) is 1.14. The summed E-state index contributed by atoms with van der Waals surface area (Å²) in [5, 5.41) is 7.89. The van der Waals surface area contributed by atoms with E-state index >= 15 is 0 Å². The molecular weight excluding hydrogens is 254 g/mol. The molecule has 0 saturated carbocycles. The van der Waals surface area contributed by atoms with Crippen LogP contribution in [0.2, 0.25) is 0 Å². The Morgan fingerprint density at radius 3 is 3.20 bits per heavy atom. The maximum absolute atomic E-state index is 4.53. The van der Waals surface area contributed by atoms with Gasteiger partial charge in [-0.2, -0.15) is 5.10 Å². The van der Waals surface area contributed by atoms with E-state index in [-0.39, 0.29) is 0 Å². The lowest BCUT2D eigenvalue weighted by Gasteiger charge is -2.22. The van der Waals surface area contributed by atoms with Gasteiger partial charge in [0.2, 0.25) is 0 Å². The van der Waals surface area contributed by atoms with Crippen molar-refractivity contribution in [1.82, 2.24) is 35.0 Å². The zero-order chi connectivity index (χ0) is 13.5. The van der Waals surface area contributed by atoms with Crippen LogP contribution in [0.5, 0.6) is 0 Å². The highest BCUT2D eigenvalue weighted by Crippen LogP contribution is 2.31. The fourth-order valence-corrected chi connectivity index (χ4v) is 2.95. The van der Waals surface area contributed by atoms with Gasteiger partial charge in [-0.1, -0.05) is 0 Å². The highest BCUT2D eigenvalue weighted by Gasteiger charge is 2.24. The molecule has 0 spiro atoms. The Labute approximate surface area is 115 Å². The predicted molar refractivity (Wildman–Crippen MR) is 73.5 cm³/mol. The second-order valence-electron chi connectivity index (χ2n) is 4.99. The number of imidazole rings is 1. The minimum atomic E-state index is 0.381. The normalized spacial score (nSPS) is 18.4. The van der Waals surface area contributed by atoms with Gasteiger partial charge < -0.3 is 10.3 Å². The van der Waals surface area contributed by atoms with Gasteiger partial charge in [-0.15, -0.1) is 0 Å². The van der Waals surface area contributed by atoms with Gasteiger partial charge in [0, 0.05) is 11.6 Å². The minimum Gasteiger partial charge on any atom is -0.340 e. The van der Waals surface area contributed by atoms with Crippen molar-refractivity contribution in [3.05, 3.63) is 30.1 Å². The highest BCUT2D eigenvalue weighted by atomic mass is 15.3. The average Bonchev–Trinajstić information content (AvgIpc) is 3.12. The van der Waals surface area contributed by atoms with Crippen molar-refractivity contribution in [3.63, 3.8) is 0 Å². The largest absolute Gasteiger partial charge is 0.340 e. The topological polar surface area (TPSA) is 84.3 Å². The Bertz CT molecular complexity index is 757. The molecular formula is C13H15N7. The van der Waals surface area contributed by atoms with Gasteiger partial charge in [0.25, 0.3) is 0 Å². The van der Waals surface area contributed by atoms with E-state index in [0.717, 1.165) is 30.6 Å². The van der Waals surface area contributed by atoms with Crippen molar-refractivity contribution >= 4 is 11.2 Å². The molecule has 1 aliphatic rings. The lowest BCUT2D eigenvalue weighted by Crippen LogP contribution is -2.22. The fraction of sp³-hybridized carbons (Fsp3) is 0.385. The maximum Gasteiger partial charge on any atom is 0.182 e. The lowest BCUT2D eigenvalue weighted by atomic mass is 9.93. The molecule has 7 nitrogen and oxygen atoms in total. The monoisotopic (exact) mass is 269 g/mol. The van der Waals surface area contributed by atoms with E-state index in [0.29, 0.717) is 11.7 Å². The molecule has 4 rings (SSSR count). The van der Waals surface area contributed by atoms with E-state index in [2.05, 4.69) is 30.4 Å². The fourth-order valence-electron chi connectivity index (χ4n) is 2.95. The number of aromatic amines is 1. The van der Waals surface area contributed by atoms with Crippen molar-refractivity contribution in [3.8, 4) is 5.82 Å². The first-order valence-electron chi connectivity index (χ1n) is 6.77. The first-order valence-corrected chi connectivity index (χ1v) is 6.77. The van der Waals surface area contributed by atoms with Crippen LogP contribution in [0.3, 0.4) is 0 Å². The summed E-state index contributed by atoms with van der Waals surface area (Å²) in [4.78, 5) is 15.8. The molecule has 7 heteroatoms. The third-order valence-corrected chi connectivity index (χ3v) is 3.94. The number of H-pyrrole nitrogens is 1. The van der Waals surface area contributed by atoms with E-state index in [1.54, 1.807) is 6.33 Å². The number of fused-ring (bicyclic) bond motifs is 2. The number of aromatic nitrogens is 6. The molecule has 0 bridgehead atoms. The first-order chi connectivity index (χ1) is 9.88. The standard InChI is InChI=1S/C13H15N7/c1-14-9-3-2-4-10-8(9)5-19-20(10)13-11-12(16-6-15-11)17-7-18-13/h5-7,9,14H,2-4H2,1H3,(H,15,16,17,18). The molecule has 0 amide bonds. The van der Waals surface area contributed by atoms with Gasteiger partial charge >= 0.3 is 0 Å². The number of hydrogen-bond acceptors (Lipinski definition) is 5. The van der Waals surface area contributed by atoms with Crippen LogP contribution in [-0.4, -0.2) is 36.8 Å². The smallest absolute Gasteiger partial charge is 0.182 e. The summed E-state index contributed by atoms with van der Waals surface area (Å²) in [6.07, 6.45) is 8.44. The molecule has 1 aliphatic carbocycles. The van der Waals surface area contributed by atoms with Crippen molar-refractivity contribution in [1.29, 1.82) is 0 Å².